The van der Waals surface area contributed by atoms with Crippen LogP contribution in [0.1, 0.15) is 17.3 Å². The van der Waals surface area contributed by atoms with Crippen LogP contribution in [0.4, 0.5) is 0 Å². The maximum absolute atomic E-state index is 11.8. The van der Waals surface area contributed by atoms with Crippen molar-refractivity contribution in [1.82, 2.24) is 5.32 Å². The highest BCUT2D eigenvalue weighted by atomic mass is 79.9. The van der Waals surface area contributed by atoms with Crippen LogP contribution in [0.15, 0.2) is 27.8 Å². The van der Waals surface area contributed by atoms with E-state index < -0.39 is 11.9 Å². The van der Waals surface area contributed by atoms with Gasteiger partial charge in [-0.25, -0.2) is 0 Å². The van der Waals surface area contributed by atoms with E-state index >= 15 is 0 Å². The van der Waals surface area contributed by atoms with Crippen LogP contribution in [0.25, 0.3) is 0 Å². The molecule has 7 heteroatoms. The van der Waals surface area contributed by atoms with Crippen LogP contribution in [-0.2, 0) is 0 Å². The van der Waals surface area contributed by atoms with Crippen molar-refractivity contribution in [3.05, 3.63) is 33.3 Å². The number of carbonyl (C=O) groups is 1. The summed E-state index contributed by atoms with van der Waals surface area (Å²) in [5, 5.41) is 14.2. The predicted octanol–water partition coefficient (Wildman–Crippen LogP) is 1.97. The Hall–Kier alpha value is -1.27. The van der Waals surface area contributed by atoms with Gasteiger partial charge >= 0.3 is 0 Å². The molecule has 1 aromatic carbocycles. The van der Waals surface area contributed by atoms with E-state index in [1.807, 2.05) is 0 Å². The zero-order valence-corrected chi connectivity index (χ0v) is 11.3. The third-order valence-electron chi connectivity index (χ3n) is 2.08. The number of amides is 1. The van der Waals surface area contributed by atoms with Gasteiger partial charge in [0.05, 0.1) is 16.6 Å². The Morgan fingerprint density at radius 1 is 1.65 bits per heavy atom. The number of oxime groups is 1. The molecule has 0 spiro atoms. The number of nitrogens with two attached hydrogens (primary N) is 1. The molecule has 5 nitrogen and oxygen atoms in total. The Bertz CT molecular complexity index is 465. The second-order valence-electron chi connectivity index (χ2n) is 3.34. The molecule has 0 aromatic heterocycles. The van der Waals surface area contributed by atoms with E-state index in [-0.39, 0.29) is 5.84 Å². The molecule has 0 saturated carbocycles. The molecule has 1 unspecified atom stereocenters. The molecule has 0 aliphatic heterocycles. The van der Waals surface area contributed by atoms with Gasteiger partial charge in [-0.2, -0.15) is 0 Å². The molecule has 4 N–H and O–H groups in total. The molecular formula is C10H11BrClN3O2. The highest BCUT2D eigenvalue weighted by molar-refractivity contribution is 9.10. The molecule has 0 radical (unpaired) electrons. The summed E-state index contributed by atoms with van der Waals surface area (Å²) < 4.78 is 0.739. The van der Waals surface area contributed by atoms with Crippen molar-refractivity contribution in [2.45, 2.75) is 13.0 Å². The fraction of sp³-hybridized carbons (Fsp3) is 0.200. The van der Waals surface area contributed by atoms with Crippen molar-refractivity contribution in [2.75, 3.05) is 0 Å². The standard InChI is InChI=1S/C10H11BrClN3O2/c1-5(9(13)15-17)14-10(16)7-4-6(11)2-3-8(7)12/h2-5,17H,1H3,(H2,13,15)(H,14,16). The lowest BCUT2D eigenvalue weighted by molar-refractivity contribution is 0.0948. The van der Waals surface area contributed by atoms with E-state index in [0.717, 1.165) is 4.47 Å². The Morgan fingerprint density at radius 2 is 2.29 bits per heavy atom. The quantitative estimate of drug-likeness (QED) is 0.344. The van der Waals surface area contributed by atoms with E-state index in [4.69, 9.17) is 22.5 Å². The van der Waals surface area contributed by atoms with E-state index in [9.17, 15) is 4.79 Å². The van der Waals surface area contributed by atoms with Gasteiger partial charge in [-0.05, 0) is 25.1 Å². The number of hydrogen-bond donors (Lipinski definition) is 3. The Kier molecular flexibility index (Phi) is 4.77. The first-order valence-corrected chi connectivity index (χ1v) is 5.86. The first-order valence-electron chi connectivity index (χ1n) is 4.69. The van der Waals surface area contributed by atoms with Crippen molar-refractivity contribution < 1.29 is 10.0 Å². The normalized spacial score (nSPS) is 13.2. The number of carbonyl (C=O) groups excluding carboxylic acids is 1. The summed E-state index contributed by atoms with van der Waals surface area (Å²) in [5.41, 5.74) is 5.67. The average Bonchev–Trinajstić information content (AvgIpc) is 2.30. The minimum Gasteiger partial charge on any atom is -0.409 e. The van der Waals surface area contributed by atoms with Crippen LogP contribution in [-0.4, -0.2) is 23.0 Å². The van der Waals surface area contributed by atoms with Crippen LogP contribution in [0.2, 0.25) is 5.02 Å². The SMILES string of the molecule is CC(NC(=O)c1cc(Br)ccc1Cl)/C(N)=N/O. The molecule has 0 bridgehead atoms. The van der Waals surface area contributed by atoms with Crippen LogP contribution in [0.3, 0.4) is 0 Å². The summed E-state index contributed by atoms with van der Waals surface area (Å²) in [6.45, 7) is 1.60. The zero-order chi connectivity index (χ0) is 13.0. The van der Waals surface area contributed by atoms with Gasteiger partial charge in [-0.15, -0.1) is 0 Å². The third-order valence-corrected chi connectivity index (χ3v) is 2.90. The second kappa shape index (κ2) is 5.88. The van der Waals surface area contributed by atoms with E-state index in [1.54, 1.807) is 25.1 Å². The second-order valence-corrected chi connectivity index (χ2v) is 4.67. The number of nitrogens with one attached hydrogen (secondary N) is 1. The van der Waals surface area contributed by atoms with Crippen molar-refractivity contribution in [3.63, 3.8) is 0 Å². The average molecular weight is 321 g/mol. The molecule has 0 aliphatic carbocycles. The van der Waals surface area contributed by atoms with Gasteiger partial charge in [0, 0.05) is 4.47 Å². The number of rotatable bonds is 3. The molecular weight excluding hydrogens is 309 g/mol. The van der Waals surface area contributed by atoms with E-state index in [0.29, 0.717) is 10.6 Å². The summed E-state index contributed by atoms with van der Waals surface area (Å²) in [5.74, 6) is -0.472. The minimum absolute atomic E-state index is 0.0792. The smallest absolute Gasteiger partial charge is 0.253 e. The molecule has 1 aromatic rings. The number of benzene rings is 1. The van der Waals surface area contributed by atoms with Crippen LogP contribution >= 0.6 is 27.5 Å². The third kappa shape index (κ3) is 3.61. The van der Waals surface area contributed by atoms with Crippen molar-refractivity contribution in [2.24, 2.45) is 10.9 Å². The van der Waals surface area contributed by atoms with Crippen molar-refractivity contribution in [1.29, 1.82) is 0 Å². The Balaban J connectivity index is 2.87. The Morgan fingerprint density at radius 3 is 2.88 bits per heavy atom. The molecule has 0 fully saturated rings. The Labute approximate surface area is 112 Å². The maximum Gasteiger partial charge on any atom is 0.253 e. The first-order chi connectivity index (χ1) is 7.95. The van der Waals surface area contributed by atoms with Gasteiger partial charge in [-0.1, -0.05) is 32.7 Å². The fourth-order valence-electron chi connectivity index (χ4n) is 1.11. The molecule has 0 aliphatic rings. The summed E-state index contributed by atoms with van der Waals surface area (Å²) in [6.07, 6.45) is 0. The number of hydrogen-bond acceptors (Lipinski definition) is 3. The van der Waals surface area contributed by atoms with Crippen LogP contribution in [0, 0.1) is 0 Å². The summed E-state index contributed by atoms with van der Waals surface area (Å²) in [7, 11) is 0. The van der Waals surface area contributed by atoms with Gasteiger partial charge in [0.25, 0.3) is 5.91 Å². The van der Waals surface area contributed by atoms with Crippen LogP contribution < -0.4 is 11.1 Å². The molecule has 1 atom stereocenters. The largest absolute Gasteiger partial charge is 0.409 e. The highest BCUT2D eigenvalue weighted by Gasteiger charge is 2.15. The number of halogens is 2. The van der Waals surface area contributed by atoms with Gasteiger partial charge in [0.2, 0.25) is 0 Å². The topological polar surface area (TPSA) is 87.7 Å². The van der Waals surface area contributed by atoms with Crippen LogP contribution in [0.5, 0.6) is 0 Å². The predicted molar refractivity (Wildman–Crippen MR) is 69.5 cm³/mol. The van der Waals surface area contributed by atoms with E-state index in [2.05, 4.69) is 26.4 Å². The molecule has 1 rings (SSSR count). The summed E-state index contributed by atoms with van der Waals surface area (Å²) in [6, 6.07) is 4.35. The van der Waals surface area contributed by atoms with E-state index in [1.165, 1.54) is 0 Å². The fourth-order valence-corrected chi connectivity index (χ4v) is 1.67. The van der Waals surface area contributed by atoms with Gasteiger partial charge in [0.15, 0.2) is 5.84 Å². The lowest BCUT2D eigenvalue weighted by Gasteiger charge is -2.13. The lowest BCUT2D eigenvalue weighted by atomic mass is 10.2. The summed E-state index contributed by atoms with van der Waals surface area (Å²) >= 11 is 9.14. The number of amidine groups is 1. The monoisotopic (exact) mass is 319 g/mol. The highest BCUT2D eigenvalue weighted by Crippen LogP contribution is 2.20. The van der Waals surface area contributed by atoms with Gasteiger partial charge in [-0.3, -0.25) is 4.79 Å². The molecule has 0 heterocycles. The van der Waals surface area contributed by atoms with Gasteiger partial charge < -0.3 is 16.3 Å². The maximum atomic E-state index is 11.8. The van der Waals surface area contributed by atoms with Gasteiger partial charge in [0.1, 0.15) is 0 Å². The first kappa shape index (κ1) is 13.8. The lowest BCUT2D eigenvalue weighted by Crippen LogP contribution is -2.42. The summed E-state index contributed by atoms with van der Waals surface area (Å²) in [4.78, 5) is 11.8. The zero-order valence-electron chi connectivity index (χ0n) is 8.95. The molecule has 1 amide bonds. The van der Waals surface area contributed by atoms with Crippen molar-refractivity contribution >= 4 is 39.3 Å². The van der Waals surface area contributed by atoms with Crippen molar-refractivity contribution in [3.8, 4) is 0 Å². The minimum atomic E-state index is -0.581. The molecule has 92 valence electrons. The molecule has 17 heavy (non-hydrogen) atoms. The molecule has 0 saturated heterocycles. The number of nitrogens with zero attached hydrogens (tertiary/aromatic N) is 1.